The standard InChI is InChI=1S/C16H33N3O4/c1-7-19(12-14(20)21)11-10-17(5)8-9-18(6)13-15(22)23-16(2,3)4/h7-13H2,1-6H3,(H,20,21). The van der Waals surface area contributed by atoms with Gasteiger partial charge in [0, 0.05) is 26.2 Å². The molecule has 0 amide bonds. The van der Waals surface area contributed by atoms with Crippen LogP contribution in [0.3, 0.4) is 0 Å². The Hall–Kier alpha value is -1.18. The molecule has 0 aromatic carbocycles. The average Bonchev–Trinajstić information content (AvgIpc) is 2.38. The molecule has 0 bridgehead atoms. The molecule has 23 heavy (non-hydrogen) atoms. The van der Waals surface area contributed by atoms with Crippen molar-refractivity contribution in [2.75, 3.05) is 59.9 Å². The molecule has 0 heterocycles. The van der Waals surface area contributed by atoms with Crippen molar-refractivity contribution in [3.05, 3.63) is 0 Å². The molecule has 0 saturated heterocycles. The van der Waals surface area contributed by atoms with E-state index in [0.717, 1.165) is 32.7 Å². The van der Waals surface area contributed by atoms with Crippen molar-refractivity contribution in [2.45, 2.75) is 33.3 Å². The zero-order chi connectivity index (χ0) is 18.0. The normalized spacial score (nSPS) is 12.2. The van der Waals surface area contributed by atoms with Gasteiger partial charge in [-0.15, -0.1) is 0 Å². The molecule has 0 unspecified atom stereocenters. The second-order valence-corrected chi connectivity index (χ2v) is 6.89. The molecule has 7 nitrogen and oxygen atoms in total. The van der Waals surface area contributed by atoms with Gasteiger partial charge < -0.3 is 14.7 Å². The number of nitrogens with zero attached hydrogens (tertiary/aromatic N) is 3. The van der Waals surface area contributed by atoms with Gasteiger partial charge in [-0.25, -0.2) is 0 Å². The molecule has 1 N–H and O–H groups in total. The Morgan fingerprint density at radius 2 is 1.48 bits per heavy atom. The van der Waals surface area contributed by atoms with Crippen molar-refractivity contribution in [1.82, 2.24) is 14.7 Å². The molecule has 0 aliphatic rings. The molecule has 7 heteroatoms. The highest BCUT2D eigenvalue weighted by Gasteiger charge is 2.17. The van der Waals surface area contributed by atoms with Crippen molar-refractivity contribution in [3.63, 3.8) is 0 Å². The second-order valence-electron chi connectivity index (χ2n) is 6.89. The first-order valence-corrected chi connectivity index (χ1v) is 8.06. The van der Waals surface area contributed by atoms with Gasteiger partial charge in [-0.3, -0.25) is 19.4 Å². The molecule has 0 saturated carbocycles. The summed E-state index contributed by atoms with van der Waals surface area (Å²) in [6, 6.07) is 0. The summed E-state index contributed by atoms with van der Waals surface area (Å²) in [6.07, 6.45) is 0. The Morgan fingerprint density at radius 3 is 1.96 bits per heavy atom. The molecule has 0 aliphatic carbocycles. The lowest BCUT2D eigenvalue weighted by atomic mass is 10.2. The van der Waals surface area contributed by atoms with Crippen LogP contribution in [0.25, 0.3) is 0 Å². The number of carboxylic acids is 1. The molecule has 0 spiro atoms. The van der Waals surface area contributed by atoms with Crippen LogP contribution >= 0.6 is 0 Å². The fourth-order valence-corrected chi connectivity index (χ4v) is 1.98. The van der Waals surface area contributed by atoms with Crippen LogP contribution in [0.1, 0.15) is 27.7 Å². The highest BCUT2D eigenvalue weighted by Crippen LogP contribution is 2.07. The van der Waals surface area contributed by atoms with E-state index in [2.05, 4.69) is 4.90 Å². The van der Waals surface area contributed by atoms with Crippen LogP contribution in [0.4, 0.5) is 0 Å². The highest BCUT2D eigenvalue weighted by molar-refractivity contribution is 5.72. The van der Waals surface area contributed by atoms with Gasteiger partial charge >= 0.3 is 11.9 Å². The molecular formula is C16H33N3O4. The lowest BCUT2D eigenvalue weighted by Crippen LogP contribution is -2.40. The van der Waals surface area contributed by atoms with E-state index in [1.54, 1.807) is 0 Å². The Bertz CT molecular complexity index is 369. The summed E-state index contributed by atoms with van der Waals surface area (Å²) in [4.78, 5) is 28.4. The molecule has 136 valence electrons. The molecular weight excluding hydrogens is 298 g/mol. The number of carbonyl (C=O) groups excluding carboxylic acids is 1. The number of rotatable bonds is 11. The predicted octanol–water partition coefficient (Wildman–Crippen LogP) is 0.598. The minimum absolute atomic E-state index is 0.0723. The van der Waals surface area contributed by atoms with E-state index < -0.39 is 11.6 Å². The van der Waals surface area contributed by atoms with Crippen LogP contribution in [0, 0.1) is 0 Å². The van der Waals surface area contributed by atoms with E-state index >= 15 is 0 Å². The van der Waals surface area contributed by atoms with Gasteiger partial charge in [0.25, 0.3) is 0 Å². The minimum Gasteiger partial charge on any atom is -0.480 e. The van der Waals surface area contributed by atoms with Crippen LogP contribution < -0.4 is 0 Å². The average molecular weight is 331 g/mol. The lowest BCUT2D eigenvalue weighted by Gasteiger charge is -2.25. The van der Waals surface area contributed by atoms with Crippen LogP contribution in [0.5, 0.6) is 0 Å². The number of hydrogen-bond donors (Lipinski definition) is 1. The van der Waals surface area contributed by atoms with Crippen LogP contribution in [0.15, 0.2) is 0 Å². The summed E-state index contributed by atoms with van der Waals surface area (Å²) in [6.45, 7) is 11.7. The molecule has 0 fully saturated rings. The molecule has 0 rings (SSSR count). The van der Waals surface area contributed by atoms with E-state index in [1.165, 1.54) is 0 Å². The molecule has 0 aliphatic heterocycles. The summed E-state index contributed by atoms with van der Waals surface area (Å²) < 4.78 is 5.29. The van der Waals surface area contributed by atoms with Crippen LogP contribution in [-0.4, -0.2) is 97.3 Å². The van der Waals surface area contributed by atoms with E-state index in [9.17, 15) is 9.59 Å². The fraction of sp³-hybridized carbons (Fsp3) is 0.875. The maximum absolute atomic E-state index is 11.7. The number of carboxylic acid groups (broad SMARTS) is 1. The van der Waals surface area contributed by atoms with Gasteiger partial charge in [0.15, 0.2) is 0 Å². The van der Waals surface area contributed by atoms with Crippen molar-refractivity contribution in [2.24, 2.45) is 0 Å². The summed E-state index contributed by atoms with van der Waals surface area (Å²) in [7, 11) is 3.89. The lowest BCUT2D eigenvalue weighted by molar-refractivity contribution is -0.155. The quantitative estimate of drug-likeness (QED) is 0.556. The SMILES string of the molecule is CCN(CCN(C)CCN(C)CC(=O)OC(C)(C)C)CC(=O)O. The molecule has 0 radical (unpaired) electrons. The van der Waals surface area contributed by atoms with E-state index in [4.69, 9.17) is 9.84 Å². The number of ether oxygens (including phenoxy) is 1. The first-order chi connectivity index (χ1) is 10.5. The van der Waals surface area contributed by atoms with Gasteiger partial charge in [-0.2, -0.15) is 0 Å². The maximum Gasteiger partial charge on any atom is 0.320 e. The number of hydrogen-bond acceptors (Lipinski definition) is 6. The molecule has 0 aromatic heterocycles. The van der Waals surface area contributed by atoms with Gasteiger partial charge in [-0.1, -0.05) is 6.92 Å². The topological polar surface area (TPSA) is 73.3 Å². The minimum atomic E-state index is -0.799. The molecule has 0 aromatic rings. The first-order valence-electron chi connectivity index (χ1n) is 8.06. The summed E-state index contributed by atoms with van der Waals surface area (Å²) in [5.41, 5.74) is -0.456. The highest BCUT2D eigenvalue weighted by atomic mass is 16.6. The van der Waals surface area contributed by atoms with Crippen molar-refractivity contribution < 1.29 is 19.4 Å². The van der Waals surface area contributed by atoms with Crippen molar-refractivity contribution in [3.8, 4) is 0 Å². The number of esters is 1. The third-order valence-electron chi connectivity index (χ3n) is 3.29. The third kappa shape index (κ3) is 13.0. The smallest absolute Gasteiger partial charge is 0.320 e. The third-order valence-corrected chi connectivity index (χ3v) is 3.29. The zero-order valence-corrected chi connectivity index (χ0v) is 15.5. The largest absolute Gasteiger partial charge is 0.480 e. The summed E-state index contributed by atoms with van der Waals surface area (Å²) in [5.74, 6) is -1.02. The summed E-state index contributed by atoms with van der Waals surface area (Å²) >= 11 is 0. The number of aliphatic carboxylic acids is 1. The number of likely N-dealkylation sites (N-methyl/N-ethyl adjacent to an activating group) is 3. The Morgan fingerprint density at radius 1 is 0.957 bits per heavy atom. The van der Waals surface area contributed by atoms with Crippen LogP contribution in [0.2, 0.25) is 0 Å². The van der Waals surface area contributed by atoms with Crippen LogP contribution in [-0.2, 0) is 14.3 Å². The monoisotopic (exact) mass is 331 g/mol. The van der Waals surface area contributed by atoms with Gasteiger partial charge in [0.2, 0.25) is 0 Å². The second kappa shape index (κ2) is 10.6. The fourth-order valence-electron chi connectivity index (χ4n) is 1.98. The Labute approximate surface area is 140 Å². The van der Waals surface area contributed by atoms with Gasteiger partial charge in [-0.05, 0) is 41.4 Å². The van der Waals surface area contributed by atoms with E-state index in [0.29, 0.717) is 0 Å². The van der Waals surface area contributed by atoms with E-state index in [-0.39, 0.29) is 19.1 Å². The zero-order valence-electron chi connectivity index (χ0n) is 15.5. The van der Waals surface area contributed by atoms with Gasteiger partial charge in [0.1, 0.15) is 5.60 Å². The summed E-state index contributed by atoms with van der Waals surface area (Å²) in [5, 5.41) is 8.82. The maximum atomic E-state index is 11.7. The number of carbonyl (C=O) groups is 2. The van der Waals surface area contributed by atoms with Gasteiger partial charge in [0.05, 0.1) is 13.1 Å². The first kappa shape index (κ1) is 21.8. The van der Waals surface area contributed by atoms with E-state index in [1.807, 2.05) is 51.6 Å². The predicted molar refractivity (Wildman–Crippen MR) is 90.6 cm³/mol. The van der Waals surface area contributed by atoms with Crippen molar-refractivity contribution >= 4 is 11.9 Å². The molecule has 0 atom stereocenters. The van der Waals surface area contributed by atoms with Crippen molar-refractivity contribution in [1.29, 1.82) is 0 Å². The Balaban J connectivity index is 3.97. The Kier molecular flexibility index (Phi) is 10.0.